The molecule has 2 aromatic rings. The molecule has 2 unspecified atom stereocenters. The summed E-state index contributed by atoms with van der Waals surface area (Å²) < 4.78 is 33.0. The highest BCUT2D eigenvalue weighted by atomic mass is 32.2. The maximum atomic E-state index is 13.0. The zero-order valence-corrected chi connectivity index (χ0v) is 19.5. The number of piperidine rings is 1. The maximum absolute atomic E-state index is 13.0. The van der Waals surface area contributed by atoms with Crippen LogP contribution in [-0.2, 0) is 21.2 Å². The number of nitrogens with zero attached hydrogens (tertiary/aromatic N) is 2. The highest BCUT2D eigenvalue weighted by Gasteiger charge is 2.30. The second-order valence-corrected chi connectivity index (χ2v) is 10.8. The molecule has 4 rings (SSSR count). The van der Waals surface area contributed by atoms with E-state index < -0.39 is 10.0 Å². The van der Waals surface area contributed by atoms with Crippen molar-refractivity contribution in [1.29, 1.82) is 0 Å². The van der Waals surface area contributed by atoms with Crippen molar-refractivity contribution in [3.63, 3.8) is 0 Å². The lowest BCUT2D eigenvalue weighted by Gasteiger charge is -2.31. The van der Waals surface area contributed by atoms with Crippen molar-refractivity contribution < 1.29 is 13.2 Å². The molecule has 0 bridgehead atoms. The Kier molecular flexibility index (Phi) is 7.12. The largest absolute Gasteiger partial charge is 0.380 e. The summed E-state index contributed by atoms with van der Waals surface area (Å²) in [7, 11) is -1.84. The van der Waals surface area contributed by atoms with E-state index in [1.807, 2.05) is 12.1 Å². The fourth-order valence-electron chi connectivity index (χ4n) is 4.75. The minimum atomic E-state index is -3.48. The molecule has 2 aliphatic rings. The van der Waals surface area contributed by atoms with Crippen molar-refractivity contribution in [2.75, 3.05) is 33.3 Å². The third-order valence-electron chi connectivity index (χ3n) is 6.83. The summed E-state index contributed by atoms with van der Waals surface area (Å²) in [6.07, 6.45) is 5.43. The smallest absolute Gasteiger partial charge is 0.243 e. The minimum Gasteiger partial charge on any atom is -0.380 e. The molecule has 31 heavy (non-hydrogen) atoms. The summed E-state index contributed by atoms with van der Waals surface area (Å²) in [6, 6.07) is 16.6. The Morgan fingerprint density at radius 2 is 1.58 bits per heavy atom. The molecule has 0 N–H and O–H groups in total. The van der Waals surface area contributed by atoms with Gasteiger partial charge in [-0.15, -0.1) is 0 Å². The Bertz CT molecular complexity index is 957. The topological polar surface area (TPSA) is 49.9 Å². The zero-order chi connectivity index (χ0) is 21.8. The molecule has 2 atom stereocenters. The molecular formula is C25H34N2O3S. The fourth-order valence-corrected chi connectivity index (χ4v) is 6.26. The van der Waals surface area contributed by atoms with Crippen LogP contribution in [0.4, 0.5) is 0 Å². The second kappa shape index (κ2) is 9.82. The van der Waals surface area contributed by atoms with Crippen LogP contribution < -0.4 is 0 Å². The number of hydrogen-bond donors (Lipinski definition) is 0. The summed E-state index contributed by atoms with van der Waals surface area (Å²) in [5, 5.41) is 0. The van der Waals surface area contributed by atoms with Crippen molar-refractivity contribution in [2.24, 2.45) is 0 Å². The lowest BCUT2D eigenvalue weighted by molar-refractivity contribution is 0.0572. The van der Waals surface area contributed by atoms with Gasteiger partial charge in [0.05, 0.1) is 11.0 Å². The van der Waals surface area contributed by atoms with Gasteiger partial charge in [-0.3, -0.25) is 0 Å². The van der Waals surface area contributed by atoms with Gasteiger partial charge in [0, 0.05) is 32.8 Å². The fraction of sp³-hybridized carbons (Fsp3) is 0.520. The van der Waals surface area contributed by atoms with E-state index >= 15 is 0 Å². The summed E-state index contributed by atoms with van der Waals surface area (Å²) >= 11 is 0. The van der Waals surface area contributed by atoms with Gasteiger partial charge in [-0.05, 0) is 74.4 Å². The second-order valence-electron chi connectivity index (χ2n) is 8.86. The summed E-state index contributed by atoms with van der Waals surface area (Å²) in [6.45, 7) is 5.65. The Morgan fingerprint density at radius 1 is 0.935 bits per heavy atom. The summed E-state index contributed by atoms with van der Waals surface area (Å²) in [5.41, 5.74) is 3.49. The van der Waals surface area contributed by atoms with Crippen molar-refractivity contribution in [1.82, 2.24) is 9.21 Å². The highest BCUT2D eigenvalue weighted by Crippen LogP contribution is 2.26. The summed E-state index contributed by atoms with van der Waals surface area (Å²) in [4.78, 5) is 2.92. The van der Waals surface area contributed by atoms with Gasteiger partial charge >= 0.3 is 0 Å². The molecule has 0 spiro atoms. The predicted octanol–water partition coefficient (Wildman–Crippen LogP) is 4.18. The van der Waals surface area contributed by atoms with Gasteiger partial charge < -0.3 is 9.64 Å². The molecule has 0 radical (unpaired) electrons. The van der Waals surface area contributed by atoms with Gasteiger partial charge in [0.15, 0.2) is 0 Å². The molecule has 0 aromatic heterocycles. The van der Waals surface area contributed by atoms with Crippen molar-refractivity contribution in [3.05, 3.63) is 54.1 Å². The van der Waals surface area contributed by atoms with E-state index in [9.17, 15) is 8.42 Å². The van der Waals surface area contributed by atoms with Crippen LogP contribution in [-0.4, -0.2) is 63.1 Å². The van der Waals surface area contributed by atoms with Crippen LogP contribution in [0.1, 0.15) is 38.2 Å². The number of methoxy groups -OCH3 is 1. The van der Waals surface area contributed by atoms with Gasteiger partial charge in [0.1, 0.15) is 0 Å². The van der Waals surface area contributed by atoms with E-state index in [2.05, 4.69) is 36.1 Å². The first kappa shape index (κ1) is 22.5. The van der Waals surface area contributed by atoms with Crippen LogP contribution in [0.15, 0.2) is 53.4 Å². The third kappa shape index (κ3) is 5.20. The number of ether oxygens (including phenoxy) is 1. The number of benzene rings is 2. The highest BCUT2D eigenvalue weighted by molar-refractivity contribution is 7.89. The molecule has 6 heteroatoms. The molecular weight excluding hydrogens is 408 g/mol. The van der Waals surface area contributed by atoms with Gasteiger partial charge in [-0.1, -0.05) is 36.4 Å². The van der Waals surface area contributed by atoms with E-state index in [-0.39, 0.29) is 6.10 Å². The van der Waals surface area contributed by atoms with Crippen LogP contribution in [0.2, 0.25) is 0 Å². The number of rotatable bonds is 7. The zero-order valence-electron chi connectivity index (χ0n) is 18.7. The van der Waals surface area contributed by atoms with Gasteiger partial charge in [0.25, 0.3) is 0 Å². The van der Waals surface area contributed by atoms with E-state index in [1.54, 1.807) is 23.5 Å². The van der Waals surface area contributed by atoms with Crippen LogP contribution in [0, 0.1) is 0 Å². The van der Waals surface area contributed by atoms with Gasteiger partial charge in [-0.25, -0.2) is 8.42 Å². The molecule has 5 nitrogen and oxygen atoms in total. The van der Waals surface area contributed by atoms with E-state index in [0.717, 1.165) is 36.9 Å². The molecule has 0 amide bonds. The van der Waals surface area contributed by atoms with Crippen LogP contribution in [0.3, 0.4) is 0 Å². The van der Waals surface area contributed by atoms with Crippen LogP contribution >= 0.6 is 0 Å². The SMILES string of the molecule is COC1CCCN(S(=O)(=O)c2ccc(-c3ccc(CCN4CCCC4C)cc3)cc2)C1. The standard InChI is InChI=1S/C25H34N2O3S/c1-20-5-3-16-26(20)18-15-21-7-9-22(10-8-21)23-11-13-25(14-12-23)31(28,29)27-17-4-6-24(19-27)30-2/h7-14,20,24H,3-6,15-19H2,1-2H3. The first-order valence-corrected chi connectivity index (χ1v) is 12.9. The van der Waals surface area contributed by atoms with E-state index in [1.165, 1.54) is 24.9 Å². The monoisotopic (exact) mass is 442 g/mol. The Hall–Kier alpha value is -1.73. The van der Waals surface area contributed by atoms with Crippen LogP contribution in [0.25, 0.3) is 11.1 Å². The Labute approximate surface area is 187 Å². The van der Waals surface area contributed by atoms with Gasteiger partial charge in [0.2, 0.25) is 10.0 Å². The first-order chi connectivity index (χ1) is 15.0. The molecule has 0 aliphatic carbocycles. The summed E-state index contributed by atoms with van der Waals surface area (Å²) in [5.74, 6) is 0. The average molecular weight is 443 g/mol. The third-order valence-corrected chi connectivity index (χ3v) is 8.71. The molecule has 2 heterocycles. The molecule has 0 saturated carbocycles. The normalized spacial score (nSPS) is 23.3. The molecule has 2 saturated heterocycles. The molecule has 2 aliphatic heterocycles. The molecule has 2 fully saturated rings. The Balaban J connectivity index is 1.40. The van der Waals surface area contributed by atoms with Gasteiger partial charge in [-0.2, -0.15) is 4.31 Å². The maximum Gasteiger partial charge on any atom is 0.243 e. The van der Waals surface area contributed by atoms with E-state index in [4.69, 9.17) is 4.74 Å². The van der Waals surface area contributed by atoms with Crippen molar-refractivity contribution in [2.45, 2.75) is 56.1 Å². The molecule has 2 aromatic carbocycles. The number of sulfonamides is 1. The van der Waals surface area contributed by atoms with E-state index in [0.29, 0.717) is 24.0 Å². The Morgan fingerprint density at radius 3 is 2.19 bits per heavy atom. The molecule has 168 valence electrons. The lowest BCUT2D eigenvalue weighted by Crippen LogP contribution is -2.42. The minimum absolute atomic E-state index is 0.0185. The quantitative estimate of drug-likeness (QED) is 0.646. The van der Waals surface area contributed by atoms with Crippen molar-refractivity contribution >= 4 is 10.0 Å². The number of likely N-dealkylation sites (tertiary alicyclic amines) is 1. The lowest BCUT2D eigenvalue weighted by atomic mass is 10.0. The average Bonchev–Trinajstić information content (AvgIpc) is 3.23. The first-order valence-electron chi connectivity index (χ1n) is 11.4. The van der Waals surface area contributed by atoms with Crippen LogP contribution in [0.5, 0.6) is 0 Å². The van der Waals surface area contributed by atoms with Crippen molar-refractivity contribution in [3.8, 4) is 11.1 Å². The number of hydrogen-bond acceptors (Lipinski definition) is 4. The predicted molar refractivity (Wildman–Crippen MR) is 125 cm³/mol.